The van der Waals surface area contributed by atoms with Gasteiger partial charge in [0.2, 0.25) is 0 Å². The molecule has 1 N–H and O–H groups in total. The molecule has 1 rings (SSSR count). The Morgan fingerprint density at radius 3 is 2.42 bits per heavy atom. The number of carbonyl (C=O) groups excluding carboxylic acids is 1. The topological polar surface area (TPSA) is 29.1 Å². The molecule has 0 heterocycles. The van der Waals surface area contributed by atoms with Crippen LogP contribution in [0.25, 0.3) is 0 Å². The molecule has 3 heteroatoms. The standard InChI is InChI=1S/C16H19NOS.H2/c1-5-7-15(6-2)19-16(18)17-14-10-8-13(9-11-14)12(3)4;/h5-12H,1-2H2,3-4H3,(H,17,18);1H/b15-7+;. The van der Waals surface area contributed by atoms with Gasteiger partial charge in [-0.05, 0) is 41.5 Å². The third-order valence-corrected chi connectivity index (χ3v) is 3.34. The van der Waals surface area contributed by atoms with Crippen molar-refractivity contribution >= 4 is 22.7 Å². The Bertz CT molecular complexity index is 492. The zero-order valence-electron chi connectivity index (χ0n) is 11.3. The number of hydrogen-bond donors (Lipinski definition) is 1. The quantitative estimate of drug-likeness (QED) is 0.711. The number of allylic oxidation sites excluding steroid dienone is 3. The van der Waals surface area contributed by atoms with Gasteiger partial charge < -0.3 is 5.32 Å². The van der Waals surface area contributed by atoms with Gasteiger partial charge in [0, 0.05) is 12.0 Å². The summed E-state index contributed by atoms with van der Waals surface area (Å²) in [4.78, 5) is 12.6. The number of thioether (sulfide) groups is 1. The van der Waals surface area contributed by atoms with Crippen molar-refractivity contribution in [3.05, 3.63) is 66.1 Å². The molecule has 102 valence electrons. The molecule has 0 saturated carbocycles. The third kappa shape index (κ3) is 5.18. The highest BCUT2D eigenvalue weighted by molar-refractivity contribution is 8.17. The fraction of sp³-hybridized carbons (Fsp3) is 0.188. The molecule has 0 aromatic heterocycles. The van der Waals surface area contributed by atoms with E-state index < -0.39 is 0 Å². The third-order valence-electron chi connectivity index (χ3n) is 2.52. The van der Waals surface area contributed by atoms with Gasteiger partial charge in [0.25, 0.3) is 5.24 Å². The first-order valence-corrected chi connectivity index (χ1v) is 6.92. The highest BCUT2D eigenvalue weighted by Crippen LogP contribution is 2.22. The van der Waals surface area contributed by atoms with E-state index in [1.807, 2.05) is 24.3 Å². The second kappa shape index (κ2) is 7.64. The summed E-state index contributed by atoms with van der Waals surface area (Å²) < 4.78 is 0. The molecule has 0 aliphatic rings. The summed E-state index contributed by atoms with van der Waals surface area (Å²) in [5.74, 6) is 0.488. The Morgan fingerprint density at radius 1 is 1.32 bits per heavy atom. The van der Waals surface area contributed by atoms with Crippen molar-refractivity contribution in [1.29, 1.82) is 0 Å². The molecule has 0 atom stereocenters. The summed E-state index contributed by atoms with van der Waals surface area (Å²) in [7, 11) is 0. The van der Waals surface area contributed by atoms with Crippen LogP contribution in [-0.2, 0) is 0 Å². The van der Waals surface area contributed by atoms with Crippen LogP contribution in [0.15, 0.2) is 60.6 Å². The molecule has 19 heavy (non-hydrogen) atoms. The Balaban J connectivity index is 0.00000361. The van der Waals surface area contributed by atoms with Crippen LogP contribution in [0.3, 0.4) is 0 Å². The Hall–Kier alpha value is -1.74. The van der Waals surface area contributed by atoms with Crippen molar-refractivity contribution in [2.75, 3.05) is 5.32 Å². The van der Waals surface area contributed by atoms with Crippen LogP contribution in [0.5, 0.6) is 0 Å². The lowest BCUT2D eigenvalue weighted by atomic mass is 10.0. The molecule has 1 aromatic carbocycles. The zero-order chi connectivity index (χ0) is 14.3. The molecule has 1 aromatic rings. The highest BCUT2D eigenvalue weighted by atomic mass is 32.2. The van der Waals surface area contributed by atoms with Crippen LogP contribution in [0.2, 0.25) is 0 Å². The fourth-order valence-electron chi connectivity index (χ4n) is 1.46. The van der Waals surface area contributed by atoms with Gasteiger partial charge in [-0.25, -0.2) is 0 Å². The van der Waals surface area contributed by atoms with E-state index in [2.05, 4.69) is 32.3 Å². The van der Waals surface area contributed by atoms with E-state index in [0.29, 0.717) is 5.92 Å². The maximum Gasteiger partial charge on any atom is 0.288 e. The van der Waals surface area contributed by atoms with Crippen molar-refractivity contribution in [3.8, 4) is 0 Å². The van der Waals surface area contributed by atoms with Gasteiger partial charge >= 0.3 is 0 Å². The van der Waals surface area contributed by atoms with Crippen LogP contribution in [0.1, 0.15) is 26.8 Å². The smallest absolute Gasteiger partial charge is 0.288 e. The van der Waals surface area contributed by atoms with Crippen molar-refractivity contribution in [2.24, 2.45) is 0 Å². The van der Waals surface area contributed by atoms with E-state index in [1.165, 1.54) is 5.56 Å². The summed E-state index contributed by atoms with van der Waals surface area (Å²) in [5, 5.41) is 2.70. The van der Waals surface area contributed by atoms with Gasteiger partial charge in [-0.3, -0.25) is 4.79 Å². The minimum absolute atomic E-state index is 0. The van der Waals surface area contributed by atoms with E-state index in [1.54, 1.807) is 18.2 Å². The molecule has 0 bridgehead atoms. The largest absolute Gasteiger partial charge is 0.317 e. The normalized spacial score (nSPS) is 11.2. The minimum atomic E-state index is -0.134. The number of benzene rings is 1. The van der Waals surface area contributed by atoms with Crippen LogP contribution in [-0.4, -0.2) is 5.24 Å². The van der Waals surface area contributed by atoms with E-state index in [9.17, 15) is 4.79 Å². The number of rotatable bonds is 5. The molecule has 0 radical (unpaired) electrons. The Morgan fingerprint density at radius 2 is 1.95 bits per heavy atom. The van der Waals surface area contributed by atoms with Gasteiger partial charge in [0.1, 0.15) is 0 Å². The monoisotopic (exact) mass is 275 g/mol. The summed E-state index contributed by atoms with van der Waals surface area (Å²) in [6.07, 6.45) is 5.02. The first kappa shape index (κ1) is 15.3. The summed E-state index contributed by atoms with van der Waals surface area (Å²) in [6, 6.07) is 7.88. The van der Waals surface area contributed by atoms with Gasteiger partial charge in [-0.2, -0.15) is 0 Å². The molecule has 0 aliphatic heterocycles. The molecule has 0 spiro atoms. The van der Waals surface area contributed by atoms with E-state index in [-0.39, 0.29) is 6.67 Å². The van der Waals surface area contributed by atoms with E-state index in [4.69, 9.17) is 0 Å². The molecular weight excluding hydrogens is 254 g/mol. The second-order valence-corrected chi connectivity index (χ2v) is 5.35. The maximum absolute atomic E-state index is 11.8. The predicted molar refractivity (Wildman–Crippen MR) is 87.7 cm³/mol. The molecule has 0 unspecified atom stereocenters. The van der Waals surface area contributed by atoms with Crippen LogP contribution in [0, 0.1) is 0 Å². The molecule has 2 nitrogen and oxygen atoms in total. The second-order valence-electron chi connectivity index (χ2n) is 4.30. The van der Waals surface area contributed by atoms with Gasteiger partial charge in [-0.15, -0.1) is 0 Å². The first-order valence-electron chi connectivity index (χ1n) is 6.10. The number of nitrogens with one attached hydrogen (secondary N) is 1. The molecular formula is C16H21NOS. The first-order chi connectivity index (χ1) is 9.06. The Labute approximate surface area is 120 Å². The maximum atomic E-state index is 11.8. The number of carbonyl (C=O) groups is 1. The van der Waals surface area contributed by atoms with Crippen molar-refractivity contribution in [1.82, 2.24) is 0 Å². The average Bonchev–Trinajstić information content (AvgIpc) is 2.38. The Kier molecular flexibility index (Phi) is 6.16. The van der Waals surface area contributed by atoms with Crippen molar-refractivity contribution in [3.63, 3.8) is 0 Å². The summed E-state index contributed by atoms with van der Waals surface area (Å²) in [5.41, 5.74) is 2.05. The number of amides is 1. The van der Waals surface area contributed by atoms with Crippen molar-refractivity contribution in [2.45, 2.75) is 19.8 Å². The average molecular weight is 275 g/mol. The molecule has 0 fully saturated rings. The lowest BCUT2D eigenvalue weighted by molar-refractivity contribution is 0.270. The summed E-state index contributed by atoms with van der Waals surface area (Å²) in [6.45, 7) is 11.5. The SMILES string of the molecule is C=C/C=C(\C=C)SC(=O)Nc1ccc(C(C)C)cc1.[HH]. The zero-order valence-corrected chi connectivity index (χ0v) is 12.2. The minimum Gasteiger partial charge on any atom is -0.317 e. The predicted octanol–water partition coefficient (Wildman–Crippen LogP) is 5.58. The lowest BCUT2D eigenvalue weighted by Gasteiger charge is -2.08. The molecule has 0 aliphatic carbocycles. The van der Waals surface area contributed by atoms with E-state index in [0.717, 1.165) is 22.4 Å². The van der Waals surface area contributed by atoms with E-state index >= 15 is 0 Å². The van der Waals surface area contributed by atoms with Gasteiger partial charge in [0.05, 0.1) is 0 Å². The van der Waals surface area contributed by atoms with Gasteiger partial charge in [-0.1, -0.05) is 51.3 Å². The number of hydrogen-bond acceptors (Lipinski definition) is 2. The highest BCUT2D eigenvalue weighted by Gasteiger charge is 2.05. The van der Waals surface area contributed by atoms with Crippen LogP contribution < -0.4 is 5.32 Å². The molecule has 1 amide bonds. The van der Waals surface area contributed by atoms with Gasteiger partial charge in [0.15, 0.2) is 0 Å². The molecule has 0 saturated heterocycles. The number of anilines is 1. The van der Waals surface area contributed by atoms with Crippen LogP contribution in [0.4, 0.5) is 10.5 Å². The fourth-order valence-corrected chi connectivity index (χ4v) is 2.09. The van der Waals surface area contributed by atoms with Crippen molar-refractivity contribution < 1.29 is 6.22 Å². The lowest BCUT2D eigenvalue weighted by Crippen LogP contribution is -2.04. The van der Waals surface area contributed by atoms with Crippen LogP contribution >= 0.6 is 11.8 Å². The summed E-state index contributed by atoms with van der Waals surface area (Å²) >= 11 is 1.10.